The summed E-state index contributed by atoms with van der Waals surface area (Å²) in [7, 11) is 0. The number of para-hydroxylation sites is 1. The Morgan fingerprint density at radius 2 is 2.07 bits per heavy atom. The Kier molecular flexibility index (Phi) is 4.61. The van der Waals surface area contributed by atoms with Crippen molar-refractivity contribution in [2.75, 3.05) is 13.1 Å². The molecule has 0 bridgehead atoms. The summed E-state index contributed by atoms with van der Waals surface area (Å²) in [5, 5.41) is 12.2. The summed E-state index contributed by atoms with van der Waals surface area (Å²) in [6.45, 7) is 2.91. The van der Waals surface area contributed by atoms with E-state index in [1.165, 1.54) is 6.07 Å². The molecule has 7 heteroatoms. The molecule has 1 fully saturated rings. The van der Waals surface area contributed by atoms with Gasteiger partial charge in [0, 0.05) is 36.2 Å². The highest BCUT2D eigenvalue weighted by atomic mass is 32.1. The van der Waals surface area contributed by atoms with Crippen LogP contribution in [-0.4, -0.2) is 33.8 Å². The summed E-state index contributed by atoms with van der Waals surface area (Å²) in [4.78, 5) is 30.3. The molecule has 1 aliphatic heterocycles. The van der Waals surface area contributed by atoms with Gasteiger partial charge in [-0.1, -0.05) is 18.2 Å². The molecule has 0 radical (unpaired) electrons. The topological polar surface area (TPSA) is 76.3 Å². The predicted octanol–water partition coefficient (Wildman–Crippen LogP) is 4.53. The molecule has 0 aliphatic carbocycles. The minimum atomic E-state index is -0.438. The highest BCUT2D eigenvalue weighted by Crippen LogP contribution is 2.34. The SMILES string of the molecule is Cc1c(C(=O)N2CCC[C@H](c3nc4ccccc4s3)C2)cccc1[N+](=O)[O-]. The Bertz CT molecular complexity index is 997. The van der Waals surface area contributed by atoms with E-state index in [4.69, 9.17) is 4.98 Å². The van der Waals surface area contributed by atoms with Crippen LogP contribution in [0, 0.1) is 17.0 Å². The molecule has 27 heavy (non-hydrogen) atoms. The molecule has 2 heterocycles. The minimum absolute atomic E-state index is 0.0133. The van der Waals surface area contributed by atoms with E-state index in [2.05, 4.69) is 6.07 Å². The molecule has 0 unspecified atom stereocenters. The van der Waals surface area contributed by atoms with E-state index in [9.17, 15) is 14.9 Å². The average Bonchev–Trinajstić information content (AvgIpc) is 3.12. The molecule has 1 atom stereocenters. The van der Waals surface area contributed by atoms with Crippen molar-refractivity contribution in [3.05, 3.63) is 68.7 Å². The van der Waals surface area contributed by atoms with E-state index in [0.29, 0.717) is 24.2 Å². The zero-order chi connectivity index (χ0) is 19.0. The van der Waals surface area contributed by atoms with Gasteiger partial charge >= 0.3 is 0 Å². The number of carbonyl (C=O) groups is 1. The number of fused-ring (bicyclic) bond motifs is 1. The summed E-state index contributed by atoms with van der Waals surface area (Å²) in [5.74, 6) is 0.0705. The van der Waals surface area contributed by atoms with Crippen molar-refractivity contribution >= 4 is 33.1 Å². The normalized spacial score (nSPS) is 17.2. The summed E-state index contributed by atoms with van der Waals surface area (Å²) in [6.07, 6.45) is 1.90. The van der Waals surface area contributed by atoms with Crippen molar-refractivity contribution in [2.45, 2.75) is 25.7 Å². The third kappa shape index (κ3) is 3.30. The van der Waals surface area contributed by atoms with E-state index in [1.54, 1.807) is 30.4 Å². The lowest BCUT2D eigenvalue weighted by molar-refractivity contribution is -0.385. The summed E-state index contributed by atoms with van der Waals surface area (Å²) >= 11 is 1.68. The maximum Gasteiger partial charge on any atom is 0.273 e. The zero-order valence-electron chi connectivity index (χ0n) is 14.9. The number of carbonyl (C=O) groups excluding carboxylic acids is 1. The van der Waals surface area contributed by atoms with Crippen LogP contribution in [0.2, 0.25) is 0 Å². The number of likely N-dealkylation sites (tertiary alicyclic amines) is 1. The van der Waals surface area contributed by atoms with E-state index in [-0.39, 0.29) is 17.5 Å². The molecule has 6 nitrogen and oxygen atoms in total. The molecule has 0 saturated carbocycles. The van der Waals surface area contributed by atoms with Crippen molar-refractivity contribution in [1.82, 2.24) is 9.88 Å². The molecule has 1 amide bonds. The maximum atomic E-state index is 13.0. The smallest absolute Gasteiger partial charge is 0.273 e. The highest BCUT2D eigenvalue weighted by Gasteiger charge is 2.29. The van der Waals surface area contributed by atoms with Crippen LogP contribution >= 0.6 is 11.3 Å². The number of benzene rings is 2. The van der Waals surface area contributed by atoms with Crippen LogP contribution in [0.4, 0.5) is 5.69 Å². The molecule has 1 saturated heterocycles. The number of aromatic nitrogens is 1. The van der Waals surface area contributed by atoms with Gasteiger partial charge in [0.25, 0.3) is 11.6 Å². The van der Waals surface area contributed by atoms with Crippen molar-refractivity contribution in [3.63, 3.8) is 0 Å². The number of piperidine rings is 1. The number of rotatable bonds is 3. The van der Waals surface area contributed by atoms with Crippen molar-refractivity contribution in [1.29, 1.82) is 0 Å². The number of hydrogen-bond acceptors (Lipinski definition) is 5. The lowest BCUT2D eigenvalue weighted by atomic mass is 9.97. The quantitative estimate of drug-likeness (QED) is 0.493. The first-order chi connectivity index (χ1) is 13.0. The van der Waals surface area contributed by atoms with E-state index >= 15 is 0 Å². The molecule has 1 aliphatic rings. The van der Waals surface area contributed by atoms with Crippen LogP contribution in [0.3, 0.4) is 0 Å². The summed E-state index contributed by atoms with van der Waals surface area (Å²) in [6, 6.07) is 12.7. The molecular formula is C20H19N3O3S. The van der Waals surface area contributed by atoms with Crippen LogP contribution in [0.15, 0.2) is 42.5 Å². The van der Waals surface area contributed by atoms with E-state index in [0.717, 1.165) is 28.1 Å². The third-order valence-corrected chi connectivity index (χ3v) is 6.30. The van der Waals surface area contributed by atoms with Crippen molar-refractivity contribution in [3.8, 4) is 0 Å². The van der Waals surface area contributed by atoms with E-state index in [1.807, 2.05) is 23.1 Å². The number of hydrogen-bond donors (Lipinski definition) is 0. The second-order valence-corrected chi connectivity index (χ2v) is 7.88. The van der Waals surface area contributed by atoms with Crippen LogP contribution in [0.25, 0.3) is 10.2 Å². The molecule has 2 aromatic carbocycles. The molecule has 138 valence electrons. The highest BCUT2D eigenvalue weighted by molar-refractivity contribution is 7.18. The Balaban J connectivity index is 1.59. The van der Waals surface area contributed by atoms with Gasteiger partial charge in [0.2, 0.25) is 0 Å². The van der Waals surface area contributed by atoms with Gasteiger partial charge in [0.05, 0.1) is 20.1 Å². The number of nitro benzene ring substituents is 1. The Morgan fingerprint density at radius 3 is 2.85 bits per heavy atom. The molecule has 4 rings (SSSR count). The lowest BCUT2D eigenvalue weighted by Crippen LogP contribution is -2.39. The van der Waals surface area contributed by atoms with Crippen LogP contribution in [0.5, 0.6) is 0 Å². The average molecular weight is 381 g/mol. The number of nitrogens with zero attached hydrogens (tertiary/aromatic N) is 3. The van der Waals surface area contributed by atoms with Crippen LogP contribution in [0.1, 0.15) is 39.7 Å². The fourth-order valence-electron chi connectivity index (χ4n) is 3.65. The number of amides is 1. The van der Waals surface area contributed by atoms with Gasteiger partial charge in [0.15, 0.2) is 0 Å². The fraction of sp³-hybridized carbons (Fsp3) is 0.300. The summed E-state index contributed by atoms with van der Waals surface area (Å²) < 4.78 is 1.16. The first kappa shape index (κ1) is 17.6. The molecule has 1 aromatic heterocycles. The minimum Gasteiger partial charge on any atom is -0.338 e. The van der Waals surface area contributed by atoms with Gasteiger partial charge in [-0.05, 0) is 38.0 Å². The maximum absolute atomic E-state index is 13.0. The number of thiazole rings is 1. The number of nitro groups is 1. The van der Waals surface area contributed by atoms with Gasteiger partial charge in [-0.25, -0.2) is 4.98 Å². The van der Waals surface area contributed by atoms with Gasteiger partial charge < -0.3 is 4.90 Å². The second-order valence-electron chi connectivity index (χ2n) is 6.82. The van der Waals surface area contributed by atoms with Crippen LogP contribution in [-0.2, 0) is 0 Å². The zero-order valence-corrected chi connectivity index (χ0v) is 15.7. The Hall–Kier alpha value is -2.80. The molecule has 3 aromatic rings. The fourth-order valence-corrected chi connectivity index (χ4v) is 4.74. The van der Waals surface area contributed by atoms with Crippen molar-refractivity contribution < 1.29 is 9.72 Å². The van der Waals surface area contributed by atoms with Gasteiger partial charge in [0.1, 0.15) is 0 Å². The predicted molar refractivity (Wildman–Crippen MR) is 105 cm³/mol. The molecule has 0 spiro atoms. The van der Waals surface area contributed by atoms with Crippen molar-refractivity contribution in [2.24, 2.45) is 0 Å². The summed E-state index contributed by atoms with van der Waals surface area (Å²) in [5.41, 5.74) is 1.82. The largest absolute Gasteiger partial charge is 0.338 e. The van der Waals surface area contributed by atoms with Gasteiger partial charge in [-0.15, -0.1) is 11.3 Å². The standard InChI is InChI=1S/C20H19N3O3S/c1-13-15(7-4-9-17(13)23(25)26)20(24)22-11-5-6-14(12-22)19-21-16-8-2-3-10-18(16)27-19/h2-4,7-10,14H,5-6,11-12H2,1H3/t14-/m0/s1. The molecule has 0 N–H and O–H groups in total. The Labute approximate surface area is 160 Å². The first-order valence-corrected chi connectivity index (χ1v) is 9.75. The first-order valence-electron chi connectivity index (χ1n) is 8.93. The van der Waals surface area contributed by atoms with E-state index < -0.39 is 4.92 Å². The monoisotopic (exact) mass is 381 g/mol. The van der Waals surface area contributed by atoms with Crippen LogP contribution < -0.4 is 0 Å². The lowest BCUT2D eigenvalue weighted by Gasteiger charge is -2.32. The Morgan fingerprint density at radius 1 is 1.26 bits per heavy atom. The van der Waals surface area contributed by atoms with Gasteiger partial charge in [-0.3, -0.25) is 14.9 Å². The molecular weight excluding hydrogens is 362 g/mol. The van der Waals surface area contributed by atoms with Gasteiger partial charge in [-0.2, -0.15) is 0 Å². The second kappa shape index (κ2) is 7.08. The third-order valence-electron chi connectivity index (χ3n) is 5.10.